The SMILES string of the molecule is COc1ccccc1CN(C(=O)C(C)(C)Br)C1CC1. The first kappa shape index (κ1) is 14.4. The zero-order valence-electron chi connectivity index (χ0n) is 11.6. The quantitative estimate of drug-likeness (QED) is 0.777. The minimum absolute atomic E-state index is 0.140. The smallest absolute Gasteiger partial charge is 0.239 e. The van der Waals surface area contributed by atoms with Crippen LogP contribution in [0.25, 0.3) is 0 Å². The number of rotatable bonds is 5. The number of amides is 1. The normalized spacial score (nSPS) is 15.2. The number of hydrogen-bond donors (Lipinski definition) is 0. The van der Waals surface area contributed by atoms with Crippen LogP contribution < -0.4 is 4.74 Å². The van der Waals surface area contributed by atoms with Gasteiger partial charge in [-0.25, -0.2) is 0 Å². The summed E-state index contributed by atoms with van der Waals surface area (Å²) in [6.45, 7) is 4.41. The third-order valence-electron chi connectivity index (χ3n) is 3.29. The van der Waals surface area contributed by atoms with Crippen molar-refractivity contribution >= 4 is 21.8 Å². The average molecular weight is 326 g/mol. The van der Waals surface area contributed by atoms with Crippen LogP contribution in [0.5, 0.6) is 5.75 Å². The van der Waals surface area contributed by atoms with E-state index in [-0.39, 0.29) is 5.91 Å². The number of para-hydroxylation sites is 1. The molecule has 0 N–H and O–H groups in total. The Morgan fingerprint density at radius 2 is 2.05 bits per heavy atom. The Labute approximate surface area is 123 Å². The van der Waals surface area contributed by atoms with E-state index in [2.05, 4.69) is 15.9 Å². The Bertz CT molecular complexity index is 463. The molecule has 0 heterocycles. The van der Waals surface area contributed by atoms with Crippen LogP contribution in [-0.4, -0.2) is 28.3 Å². The molecule has 0 bridgehead atoms. The predicted octanol–water partition coefficient (Wildman–Crippen LogP) is 3.36. The van der Waals surface area contributed by atoms with Gasteiger partial charge in [0.05, 0.1) is 11.4 Å². The van der Waals surface area contributed by atoms with Gasteiger partial charge in [-0.3, -0.25) is 4.79 Å². The molecule has 1 fully saturated rings. The lowest BCUT2D eigenvalue weighted by molar-refractivity contribution is -0.134. The van der Waals surface area contributed by atoms with E-state index in [1.807, 2.05) is 43.0 Å². The summed E-state index contributed by atoms with van der Waals surface area (Å²) in [6, 6.07) is 8.26. The Morgan fingerprint density at radius 3 is 2.58 bits per heavy atom. The lowest BCUT2D eigenvalue weighted by atomic mass is 10.1. The second kappa shape index (κ2) is 5.53. The van der Waals surface area contributed by atoms with Crippen LogP contribution in [0.2, 0.25) is 0 Å². The van der Waals surface area contributed by atoms with Crippen LogP contribution in [0.3, 0.4) is 0 Å². The standard InChI is InChI=1S/C15H20BrNO2/c1-15(2,16)14(18)17(12-8-9-12)10-11-6-4-5-7-13(11)19-3/h4-7,12H,8-10H2,1-3H3. The Balaban J connectivity index is 2.20. The molecular formula is C15H20BrNO2. The fourth-order valence-corrected chi connectivity index (χ4v) is 2.34. The van der Waals surface area contributed by atoms with E-state index in [9.17, 15) is 4.79 Å². The molecule has 0 spiro atoms. The van der Waals surface area contributed by atoms with E-state index in [0.717, 1.165) is 24.2 Å². The number of alkyl halides is 1. The number of carbonyl (C=O) groups is 1. The van der Waals surface area contributed by atoms with Gasteiger partial charge in [0.15, 0.2) is 0 Å². The van der Waals surface area contributed by atoms with Crippen molar-refractivity contribution in [3.63, 3.8) is 0 Å². The molecule has 1 aromatic carbocycles. The highest BCUT2D eigenvalue weighted by atomic mass is 79.9. The first-order valence-electron chi connectivity index (χ1n) is 6.55. The first-order valence-corrected chi connectivity index (χ1v) is 7.34. The highest BCUT2D eigenvalue weighted by Crippen LogP contribution is 2.33. The Morgan fingerprint density at radius 1 is 1.42 bits per heavy atom. The molecule has 19 heavy (non-hydrogen) atoms. The molecule has 4 heteroatoms. The zero-order chi connectivity index (χ0) is 14.0. The van der Waals surface area contributed by atoms with Crippen molar-refractivity contribution in [3.05, 3.63) is 29.8 Å². The molecule has 0 unspecified atom stereocenters. The summed E-state index contributed by atoms with van der Waals surface area (Å²) >= 11 is 3.47. The fraction of sp³-hybridized carbons (Fsp3) is 0.533. The summed E-state index contributed by atoms with van der Waals surface area (Å²) in [5.41, 5.74) is 1.06. The number of nitrogens with zero attached hydrogens (tertiary/aromatic N) is 1. The number of ether oxygens (including phenoxy) is 1. The molecule has 0 atom stereocenters. The highest BCUT2D eigenvalue weighted by Gasteiger charge is 2.38. The molecule has 0 aromatic heterocycles. The molecule has 0 saturated heterocycles. The lowest BCUT2D eigenvalue weighted by Gasteiger charge is -2.29. The maximum absolute atomic E-state index is 12.5. The van der Waals surface area contributed by atoms with Crippen LogP contribution in [0, 0.1) is 0 Å². The van der Waals surface area contributed by atoms with Crippen molar-refractivity contribution in [2.75, 3.05) is 7.11 Å². The third kappa shape index (κ3) is 3.50. The van der Waals surface area contributed by atoms with Crippen LogP contribution in [0.4, 0.5) is 0 Å². The van der Waals surface area contributed by atoms with Gasteiger partial charge in [-0.15, -0.1) is 0 Å². The maximum Gasteiger partial charge on any atom is 0.239 e. The van der Waals surface area contributed by atoms with E-state index in [0.29, 0.717) is 12.6 Å². The molecule has 3 nitrogen and oxygen atoms in total. The molecule has 0 radical (unpaired) electrons. The number of hydrogen-bond acceptors (Lipinski definition) is 2. The second-order valence-corrected chi connectivity index (χ2v) is 7.43. The van der Waals surface area contributed by atoms with Gasteiger partial charge < -0.3 is 9.64 Å². The number of halogens is 1. The largest absolute Gasteiger partial charge is 0.496 e. The van der Waals surface area contributed by atoms with Gasteiger partial charge in [-0.2, -0.15) is 0 Å². The fourth-order valence-electron chi connectivity index (χ4n) is 2.11. The molecule has 2 rings (SSSR count). The third-order valence-corrected chi connectivity index (χ3v) is 3.63. The average Bonchev–Trinajstić information content (AvgIpc) is 3.18. The number of carbonyl (C=O) groups excluding carboxylic acids is 1. The van der Waals surface area contributed by atoms with Crippen molar-refractivity contribution in [2.24, 2.45) is 0 Å². The first-order chi connectivity index (χ1) is 8.93. The summed E-state index contributed by atoms with van der Waals surface area (Å²) < 4.78 is 4.85. The van der Waals surface area contributed by atoms with Crippen LogP contribution in [0.1, 0.15) is 32.3 Å². The summed E-state index contributed by atoms with van der Waals surface area (Å²) in [7, 11) is 1.66. The summed E-state index contributed by atoms with van der Waals surface area (Å²) in [5.74, 6) is 0.981. The topological polar surface area (TPSA) is 29.5 Å². The monoisotopic (exact) mass is 325 g/mol. The van der Waals surface area contributed by atoms with Gasteiger partial charge in [0.2, 0.25) is 5.91 Å². The molecule has 1 aromatic rings. The van der Waals surface area contributed by atoms with Gasteiger partial charge in [-0.05, 0) is 32.8 Å². The van der Waals surface area contributed by atoms with Crippen molar-refractivity contribution < 1.29 is 9.53 Å². The van der Waals surface area contributed by atoms with Gasteiger partial charge in [0.25, 0.3) is 0 Å². The van der Waals surface area contributed by atoms with Gasteiger partial charge in [0, 0.05) is 18.2 Å². The lowest BCUT2D eigenvalue weighted by Crippen LogP contribution is -2.42. The molecule has 0 aliphatic heterocycles. The highest BCUT2D eigenvalue weighted by molar-refractivity contribution is 9.10. The van der Waals surface area contributed by atoms with E-state index >= 15 is 0 Å². The number of methoxy groups -OCH3 is 1. The molecular weight excluding hydrogens is 306 g/mol. The molecule has 1 aliphatic carbocycles. The van der Waals surface area contributed by atoms with E-state index < -0.39 is 4.32 Å². The van der Waals surface area contributed by atoms with E-state index in [4.69, 9.17) is 4.74 Å². The van der Waals surface area contributed by atoms with E-state index in [1.54, 1.807) is 7.11 Å². The summed E-state index contributed by atoms with van der Waals surface area (Å²) in [6.07, 6.45) is 2.20. The molecule has 1 aliphatic rings. The van der Waals surface area contributed by atoms with Gasteiger partial charge >= 0.3 is 0 Å². The van der Waals surface area contributed by atoms with Crippen molar-refractivity contribution in [3.8, 4) is 5.75 Å². The van der Waals surface area contributed by atoms with E-state index in [1.165, 1.54) is 0 Å². The van der Waals surface area contributed by atoms with Crippen molar-refractivity contribution in [1.82, 2.24) is 4.90 Å². The Kier molecular flexibility index (Phi) is 4.19. The van der Waals surface area contributed by atoms with Gasteiger partial charge in [-0.1, -0.05) is 34.1 Å². The van der Waals surface area contributed by atoms with Crippen LogP contribution in [-0.2, 0) is 11.3 Å². The minimum atomic E-state index is -0.516. The van der Waals surface area contributed by atoms with Crippen molar-refractivity contribution in [2.45, 2.75) is 43.6 Å². The summed E-state index contributed by atoms with van der Waals surface area (Å²) in [4.78, 5) is 14.5. The number of benzene rings is 1. The predicted molar refractivity (Wildman–Crippen MR) is 79.6 cm³/mol. The molecule has 1 saturated carbocycles. The maximum atomic E-state index is 12.5. The second-order valence-electron chi connectivity index (χ2n) is 5.45. The Hall–Kier alpha value is -1.03. The molecule has 1 amide bonds. The minimum Gasteiger partial charge on any atom is -0.496 e. The summed E-state index contributed by atoms with van der Waals surface area (Å²) in [5, 5.41) is 0. The van der Waals surface area contributed by atoms with Crippen molar-refractivity contribution in [1.29, 1.82) is 0 Å². The van der Waals surface area contributed by atoms with Crippen LogP contribution in [0.15, 0.2) is 24.3 Å². The molecule has 104 valence electrons. The zero-order valence-corrected chi connectivity index (χ0v) is 13.2. The van der Waals surface area contributed by atoms with Crippen LogP contribution >= 0.6 is 15.9 Å². The van der Waals surface area contributed by atoms with Gasteiger partial charge in [0.1, 0.15) is 5.75 Å².